The summed E-state index contributed by atoms with van der Waals surface area (Å²) in [7, 11) is 0. The largest absolute Gasteiger partial charge is 0.394 e. The Morgan fingerprint density at radius 3 is 2.47 bits per heavy atom. The van der Waals surface area contributed by atoms with E-state index in [2.05, 4.69) is 15.3 Å². The predicted octanol–water partition coefficient (Wildman–Crippen LogP) is 0.961. The number of aromatic nitrogens is 2. The quantitative estimate of drug-likeness (QED) is 0.651. The van der Waals surface area contributed by atoms with Crippen LogP contribution in [0.3, 0.4) is 0 Å². The lowest BCUT2D eigenvalue weighted by molar-refractivity contribution is 0.223. The summed E-state index contributed by atoms with van der Waals surface area (Å²) >= 11 is 0. The van der Waals surface area contributed by atoms with Crippen LogP contribution in [0.5, 0.6) is 0 Å². The maximum Gasteiger partial charge on any atom is 0.223 e. The highest BCUT2D eigenvalue weighted by Gasteiger charge is 2.26. The minimum Gasteiger partial charge on any atom is -0.394 e. The molecule has 19 heavy (non-hydrogen) atoms. The van der Waals surface area contributed by atoms with Crippen molar-refractivity contribution in [3.63, 3.8) is 0 Å². The number of aliphatic hydroxyl groups is 1. The third-order valence-electron chi connectivity index (χ3n) is 2.89. The van der Waals surface area contributed by atoms with Gasteiger partial charge in [0.15, 0.2) is 0 Å². The van der Waals surface area contributed by atoms with E-state index in [0.717, 1.165) is 5.56 Å². The first-order chi connectivity index (χ1) is 9.03. The highest BCUT2D eigenvalue weighted by Crippen LogP contribution is 2.25. The van der Waals surface area contributed by atoms with Crippen molar-refractivity contribution in [1.82, 2.24) is 9.97 Å². The first kappa shape index (κ1) is 13.1. The average molecular weight is 259 g/mol. The molecule has 6 heteroatoms. The Bertz CT molecular complexity index is 540. The van der Waals surface area contributed by atoms with E-state index in [1.54, 1.807) is 6.07 Å². The summed E-state index contributed by atoms with van der Waals surface area (Å²) in [5, 5.41) is 12.8. The molecule has 0 amide bonds. The van der Waals surface area contributed by atoms with Crippen molar-refractivity contribution in [2.75, 3.05) is 23.4 Å². The molecular weight excluding hydrogens is 242 g/mol. The number of anilines is 3. The lowest BCUT2D eigenvalue weighted by Crippen LogP contribution is -2.36. The molecule has 0 saturated carbocycles. The number of aliphatic hydroxyl groups excluding tert-OH is 1. The van der Waals surface area contributed by atoms with Gasteiger partial charge in [-0.1, -0.05) is 30.3 Å². The van der Waals surface area contributed by atoms with Gasteiger partial charge in [0.05, 0.1) is 12.1 Å². The van der Waals surface area contributed by atoms with E-state index in [1.165, 1.54) is 0 Å². The second kappa shape index (κ2) is 5.11. The molecule has 1 heterocycles. The van der Waals surface area contributed by atoms with E-state index in [1.807, 2.05) is 37.3 Å². The van der Waals surface area contributed by atoms with Crippen molar-refractivity contribution in [1.29, 1.82) is 0 Å². The van der Waals surface area contributed by atoms with Crippen LogP contribution in [-0.4, -0.2) is 21.7 Å². The molecule has 0 radical (unpaired) electrons. The number of rotatable bonds is 4. The van der Waals surface area contributed by atoms with Gasteiger partial charge in [0.2, 0.25) is 5.95 Å². The third-order valence-corrected chi connectivity index (χ3v) is 2.89. The molecule has 0 spiro atoms. The van der Waals surface area contributed by atoms with Crippen LogP contribution < -0.4 is 16.8 Å². The number of hydrogen-bond donors (Lipinski definition) is 4. The molecule has 0 saturated heterocycles. The normalized spacial score (nSPS) is 13.8. The Morgan fingerprint density at radius 1 is 1.21 bits per heavy atom. The minimum absolute atomic E-state index is 0.0934. The van der Waals surface area contributed by atoms with Crippen molar-refractivity contribution >= 4 is 17.6 Å². The monoisotopic (exact) mass is 259 g/mol. The lowest BCUT2D eigenvalue weighted by Gasteiger charge is -2.30. The number of hydrogen-bond acceptors (Lipinski definition) is 6. The Hall–Kier alpha value is -2.34. The summed E-state index contributed by atoms with van der Waals surface area (Å²) in [5.41, 5.74) is 11.4. The van der Waals surface area contributed by atoms with Crippen molar-refractivity contribution in [2.24, 2.45) is 0 Å². The molecule has 0 aliphatic heterocycles. The van der Waals surface area contributed by atoms with Crippen LogP contribution in [0.25, 0.3) is 0 Å². The second-order valence-electron chi connectivity index (χ2n) is 4.52. The molecule has 2 aromatic rings. The average Bonchev–Trinajstić information content (AvgIpc) is 2.38. The molecule has 1 unspecified atom stereocenters. The number of nitrogens with one attached hydrogen (secondary N) is 1. The molecule has 2 rings (SSSR count). The van der Waals surface area contributed by atoms with Crippen LogP contribution in [-0.2, 0) is 5.54 Å². The molecule has 6 nitrogen and oxygen atoms in total. The first-order valence-corrected chi connectivity index (χ1v) is 5.88. The molecule has 6 N–H and O–H groups in total. The molecule has 1 atom stereocenters. The maximum atomic E-state index is 9.67. The zero-order valence-corrected chi connectivity index (χ0v) is 10.7. The van der Waals surface area contributed by atoms with E-state index >= 15 is 0 Å². The molecule has 1 aromatic heterocycles. The fraction of sp³-hybridized carbons (Fsp3) is 0.231. The van der Waals surface area contributed by atoms with E-state index in [9.17, 15) is 5.11 Å². The van der Waals surface area contributed by atoms with Crippen molar-refractivity contribution in [3.8, 4) is 0 Å². The highest BCUT2D eigenvalue weighted by molar-refractivity contribution is 5.51. The Kier molecular flexibility index (Phi) is 3.52. The molecule has 0 aliphatic rings. The molecular formula is C13H17N5O. The SMILES string of the molecule is CC(CO)(Nc1cc(N)nc(N)n1)c1ccccc1. The van der Waals surface area contributed by atoms with Gasteiger partial charge in [-0.05, 0) is 12.5 Å². The second-order valence-corrected chi connectivity index (χ2v) is 4.52. The van der Waals surface area contributed by atoms with Gasteiger partial charge in [0.1, 0.15) is 11.6 Å². The highest BCUT2D eigenvalue weighted by atomic mass is 16.3. The third kappa shape index (κ3) is 2.92. The van der Waals surface area contributed by atoms with Gasteiger partial charge in [0, 0.05) is 6.07 Å². The van der Waals surface area contributed by atoms with Gasteiger partial charge in [-0.15, -0.1) is 0 Å². The zero-order valence-electron chi connectivity index (χ0n) is 10.7. The zero-order chi connectivity index (χ0) is 13.9. The maximum absolute atomic E-state index is 9.67. The van der Waals surface area contributed by atoms with Crippen LogP contribution in [0.2, 0.25) is 0 Å². The summed E-state index contributed by atoms with van der Waals surface area (Å²) < 4.78 is 0. The summed E-state index contributed by atoms with van der Waals surface area (Å²) in [6.07, 6.45) is 0. The van der Waals surface area contributed by atoms with E-state index in [4.69, 9.17) is 11.5 Å². The topological polar surface area (TPSA) is 110 Å². The van der Waals surface area contributed by atoms with Crippen LogP contribution in [0, 0.1) is 0 Å². The van der Waals surface area contributed by atoms with Gasteiger partial charge in [-0.2, -0.15) is 9.97 Å². The van der Waals surface area contributed by atoms with Gasteiger partial charge < -0.3 is 21.9 Å². The minimum atomic E-state index is -0.672. The van der Waals surface area contributed by atoms with Gasteiger partial charge in [0.25, 0.3) is 0 Å². The summed E-state index contributed by atoms with van der Waals surface area (Å²) in [4.78, 5) is 7.86. The standard InChI is InChI=1S/C13H17N5O/c1-13(8-19,9-5-3-2-4-6-9)18-11-7-10(14)16-12(15)17-11/h2-7,19H,8H2,1H3,(H5,14,15,16,17,18). The fourth-order valence-electron chi connectivity index (χ4n) is 1.84. The fourth-order valence-corrected chi connectivity index (χ4v) is 1.84. The van der Waals surface area contributed by atoms with E-state index < -0.39 is 5.54 Å². The number of nitrogens with two attached hydrogens (primary N) is 2. The number of nitrogen functional groups attached to an aromatic ring is 2. The molecule has 0 bridgehead atoms. The molecule has 100 valence electrons. The van der Waals surface area contributed by atoms with E-state index in [0.29, 0.717) is 5.82 Å². The van der Waals surface area contributed by atoms with Crippen LogP contribution >= 0.6 is 0 Å². The number of nitrogens with zero attached hydrogens (tertiary/aromatic N) is 2. The summed E-state index contributed by atoms with van der Waals surface area (Å²) in [5.74, 6) is 0.851. The van der Waals surface area contributed by atoms with Crippen molar-refractivity contribution < 1.29 is 5.11 Å². The van der Waals surface area contributed by atoms with Crippen LogP contribution in [0.15, 0.2) is 36.4 Å². The van der Waals surface area contributed by atoms with Crippen LogP contribution in [0.1, 0.15) is 12.5 Å². The van der Waals surface area contributed by atoms with Gasteiger partial charge in [-0.25, -0.2) is 0 Å². The first-order valence-electron chi connectivity index (χ1n) is 5.88. The summed E-state index contributed by atoms with van der Waals surface area (Å²) in [6.45, 7) is 1.78. The molecule has 0 fully saturated rings. The Morgan fingerprint density at radius 2 is 1.89 bits per heavy atom. The van der Waals surface area contributed by atoms with Crippen molar-refractivity contribution in [2.45, 2.75) is 12.5 Å². The smallest absolute Gasteiger partial charge is 0.223 e. The summed E-state index contributed by atoms with van der Waals surface area (Å²) in [6, 6.07) is 11.2. The van der Waals surface area contributed by atoms with Gasteiger partial charge >= 0.3 is 0 Å². The van der Waals surface area contributed by atoms with Crippen LogP contribution in [0.4, 0.5) is 17.6 Å². The van der Waals surface area contributed by atoms with E-state index in [-0.39, 0.29) is 18.4 Å². The van der Waals surface area contributed by atoms with Crippen molar-refractivity contribution in [3.05, 3.63) is 42.0 Å². The Balaban J connectivity index is 2.33. The lowest BCUT2D eigenvalue weighted by atomic mass is 9.93. The van der Waals surface area contributed by atoms with Gasteiger partial charge in [-0.3, -0.25) is 0 Å². The number of benzene rings is 1. The Labute approximate surface area is 111 Å². The molecule has 0 aliphatic carbocycles. The molecule has 1 aromatic carbocycles. The predicted molar refractivity (Wildman–Crippen MR) is 75.4 cm³/mol.